The molecule has 0 radical (unpaired) electrons. The second-order valence-corrected chi connectivity index (χ2v) is 8.08. The number of pyridine rings is 1. The molecule has 0 aromatic carbocycles. The van der Waals surface area contributed by atoms with Crippen molar-refractivity contribution in [3.8, 4) is 11.8 Å². The van der Waals surface area contributed by atoms with Crippen LogP contribution < -0.4 is 14.8 Å². The number of hydrogen-bond donors (Lipinski definition) is 1. The molecule has 1 aromatic rings. The number of amides is 2. The fourth-order valence-corrected chi connectivity index (χ4v) is 3.34. The van der Waals surface area contributed by atoms with Gasteiger partial charge in [-0.05, 0) is 37.7 Å². The molecule has 0 spiro atoms. The van der Waals surface area contributed by atoms with Gasteiger partial charge in [-0.2, -0.15) is 18.2 Å². The van der Waals surface area contributed by atoms with E-state index in [0.717, 1.165) is 23.8 Å². The molecule has 2 heterocycles. The Kier molecular flexibility index (Phi) is 6.52. The lowest BCUT2D eigenvalue weighted by Crippen LogP contribution is -2.67. The van der Waals surface area contributed by atoms with Gasteiger partial charge in [-0.15, -0.1) is 0 Å². The average Bonchev–Trinajstić information content (AvgIpc) is 3.52. The predicted octanol–water partition coefficient (Wildman–Crippen LogP) is 4.01. The fourth-order valence-electron chi connectivity index (χ4n) is 3.34. The zero-order valence-electron chi connectivity index (χ0n) is 17.6. The first-order chi connectivity index (χ1) is 14.9. The zero-order chi connectivity index (χ0) is 23.7. The Morgan fingerprint density at radius 1 is 1.19 bits per heavy atom. The number of rotatable bonds is 8. The van der Waals surface area contributed by atoms with Crippen molar-refractivity contribution >= 4 is 12.0 Å². The lowest BCUT2D eigenvalue weighted by atomic mass is 9.89. The van der Waals surface area contributed by atoms with Crippen molar-refractivity contribution in [1.82, 2.24) is 15.2 Å². The summed E-state index contributed by atoms with van der Waals surface area (Å²) in [7, 11) is 0. The minimum Gasteiger partial charge on any atom is -0.477 e. The van der Waals surface area contributed by atoms with Gasteiger partial charge < -0.3 is 19.7 Å². The van der Waals surface area contributed by atoms with E-state index < -0.39 is 60.1 Å². The predicted molar refractivity (Wildman–Crippen MR) is 101 cm³/mol. The molecule has 12 heteroatoms. The van der Waals surface area contributed by atoms with Gasteiger partial charge in [0.1, 0.15) is 11.1 Å². The lowest BCUT2D eigenvalue weighted by molar-refractivity contribution is -0.172. The van der Waals surface area contributed by atoms with E-state index in [2.05, 4.69) is 10.3 Å². The highest BCUT2D eigenvalue weighted by molar-refractivity contribution is 5.91. The maximum Gasteiger partial charge on any atom is 0.421 e. The summed E-state index contributed by atoms with van der Waals surface area (Å²) in [5, 5.41) is 2.38. The molecule has 1 saturated heterocycles. The van der Waals surface area contributed by atoms with E-state index in [4.69, 9.17) is 9.47 Å². The molecule has 0 atom stereocenters. The van der Waals surface area contributed by atoms with Crippen LogP contribution in [0.3, 0.4) is 0 Å². The molecule has 178 valence electrons. The molecule has 1 aromatic heterocycles. The van der Waals surface area contributed by atoms with E-state index >= 15 is 0 Å². The molecule has 0 unspecified atom stereocenters. The van der Waals surface area contributed by atoms with Gasteiger partial charge in [0.15, 0.2) is 0 Å². The van der Waals surface area contributed by atoms with E-state index in [1.165, 1.54) is 0 Å². The van der Waals surface area contributed by atoms with Gasteiger partial charge in [-0.25, -0.2) is 13.6 Å². The first-order valence-corrected chi connectivity index (χ1v) is 10.3. The van der Waals surface area contributed by atoms with E-state index in [1.807, 2.05) is 0 Å². The fraction of sp³-hybridized carbons (Fsp3) is 0.650. The number of nitrogens with one attached hydrogen (secondary N) is 1. The summed E-state index contributed by atoms with van der Waals surface area (Å²) >= 11 is 0. The standard InChI is InChI=1S/C20H24F5N3O4/c1-3-18(4-2,16(29)28-10-19(21,22)11-28)27-17(30)32-14-8-7-13(20(23,24)25)15(26-14)31-9-12-5-6-12/h7-8,12H,3-6,9-11H2,1-2H3,(H,27,30). The molecule has 32 heavy (non-hydrogen) atoms. The Bertz CT molecular complexity index is 861. The molecule has 2 fully saturated rings. The highest BCUT2D eigenvalue weighted by Crippen LogP contribution is 2.38. The normalized spacial score (nSPS) is 18.0. The maximum absolute atomic E-state index is 13.2. The van der Waals surface area contributed by atoms with Gasteiger partial charge in [0.05, 0.1) is 19.7 Å². The summed E-state index contributed by atoms with van der Waals surface area (Å²) in [6, 6.07) is 1.56. The van der Waals surface area contributed by atoms with Gasteiger partial charge in [-0.1, -0.05) is 13.8 Å². The minimum atomic E-state index is -4.71. The molecule has 2 aliphatic rings. The Labute approximate surface area is 181 Å². The van der Waals surface area contributed by atoms with Crippen LogP contribution in [0, 0.1) is 5.92 Å². The summed E-state index contributed by atoms with van der Waals surface area (Å²) in [6.07, 6.45) is -3.96. The highest BCUT2D eigenvalue weighted by atomic mass is 19.4. The Balaban J connectivity index is 1.71. The zero-order valence-corrected chi connectivity index (χ0v) is 17.6. The number of aromatic nitrogens is 1. The van der Waals surface area contributed by atoms with Crippen LogP contribution in [0.2, 0.25) is 0 Å². The third-order valence-corrected chi connectivity index (χ3v) is 5.58. The van der Waals surface area contributed by atoms with Crippen molar-refractivity contribution in [3.63, 3.8) is 0 Å². The van der Waals surface area contributed by atoms with E-state index in [9.17, 15) is 31.5 Å². The minimum absolute atomic E-state index is 0.0650. The van der Waals surface area contributed by atoms with Crippen LogP contribution in [-0.2, 0) is 11.0 Å². The number of halogens is 5. The molecule has 1 aliphatic carbocycles. The summed E-state index contributed by atoms with van der Waals surface area (Å²) in [5.41, 5.74) is -2.60. The summed E-state index contributed by atoms with van der Waals surface area (Å²) in [6.45, 7) is 1.77. The molecular weight excluding hydrogens is 441 g/mol. The van der Waals surface area contributed by atoms with Crippen LogP contribution in [0.5, 0.6) is 11.8 Å². The van der Waals surface area contributed by atoms with Crippen molar-refractivity contribution < 1.29 is 41.0 Å². The Morgan fingerprint density at radius 2 is 1.81 bits per heavy atom. The van der Waals surface area contributed by atoms with Gasteiger partial charge in [-0.3, -0.25) is 4.79 Å². The third-order valence-electron chi connectivity index (χ3n) is 5.58. The summed E-state index contributed by atoms with van der Waals surface area (Å²) in [5.74, 6) is -4.64. The van der Waals surface area contributed by atoms with Crippen LogP contribution in [0.4, 0.5) is 26.7 Å². The number of carbonyl (C=O) groups is 2. The van der Waals surface area contributed by atoms with Crippen LogP contribution in [0.1, 0.15) is 45.1 Å². The molecule has 7 nitrogen and oxygen atoms in total. The van der Waals surface area contributed by atoms with Crippen molar-refractivity contribution in [2.75, 3.05) is 19.7 Å². The smallest absolute Gasteiger partial charge is 0.421 e. The van der Waals surface area contributed by atoms with Crippen molar-refractivity contribution in [1.29, 1.82) is 0 Å². The third kappa shape index (κ3) is 5.39. The second kappa shape index (κ2) is 8.70. The van der Waals surface area contributed by atoms with Crippen molar-refractivity contribution in [2.24, 2.45) is 5.92 Å². The van der Waals surface area contributed by atoms with Crippen LogP contribution in [-0.4, -0.2) is 53.0 Å². The highest BCUT2D eigenvalue weighted by Gasteiger charge is 2.51. The average molecular weight is 465 g/mol. The first kappa shape index (κ1) is 24.0. The maximum atomic E-state index is 13.2. The quantitative estimate of drug-likeness (QED) is 0.587. The SMILES string of the molecule is CCC(CC)(NC(=O)Oc1ccc(C(F)(F)F)c(OCC2CC2)n1)C(=O)N1CC(F)(F)C1. The number of ether oxygens (including phenoxy) is 2. The Hall–Kier alpha value is -2.66. The number of carbonyl (C=O) groups excluding carboxylic acids is 2. The van der Waals surface area contributed by atoms with Crippen molar-refractivity contribution in [3.05, 3.63) is 17.7 Å². The van der Waals surface area contributed by atoms with Crippen LogP contribution in [0.15, 0.2) is 12.1 Å². The lowest BCUT2D eigenvalue weighted by Gasteiger charge is -2.44. The molecule has 3 rings (SSSR count). The van der Waals surface area contributed by atoms with Crippen LogP contribution >= 0.6 is 0 Å². The van der Waals surface area contributed by atoms with Gasteiger partial charge >= 0.3 is 12.3 Å². The molecule has 0 bridgehead atoms. The monoisotopic (exact) mass is 465 g/mol. The molecule has 1 N–H and O–H groups in total. The van der Waals surface area contributed by atoms with Gasteiger partial charge in [0, 0.05) is 6.07 Å². The molecular formula is C20H24F5N3O4. The van der Waals surface area contributed by atoms with Gasteiger partial charge in [0.25, 0.3) is 5.92 Å². The van der Waals surface area contributed by atoms with E-state index in [-0.39, 0.29) is 25.4 Å². The number of nitrogens with zero attached hydrogens (tertiary/aromatic N) is 2. The molecule has 1 aliphatic heterocycles. The first-order valence-electron chi connectivity index (χ1n) is 10.3. The largest absolute Gasteiger partial charge is 0.477 e. The van der Waals surface area contributed by atoms with Crippen molar-refractivity contribution in [2.45, 2.75) is 57.2 Å². The molecule has 2 amide bonds. The number of likely N-dealkylation sites (tertiary alicyclic amines) is 1. The topological polar surface area (TPSA) is 80.8 Å². The molecule has 1 saturated carbocycles. The van der Waals surface area contributed by atoms with Gasteiger partial charge in [0.2, 0.25) is 17.7 Å². The number of alkyl halides is 5. The number of hydrogen-bond acceptors (Lipinski definition) is 5. The summed E-state index contributed by atoms with van der Waals surface area (Å²) in [4.78, 5) is 29.7. The summed E-state index contributed by atoms with van der Waals surface area (Å²) < 4.78 is 76.2. The van der Waals surface area contributed by atoms with Crippen LogP contribution in [0.25, 0.3) is 0 Å². The second-order valence-electron chi connectivity index (χ2n) is 8.08. The van der Waals surface area contributed by atoms with E-state index in [1.54, 1.807) is 13.8 Å². The van der Waals surface area contributed by atoms with E-state index in [0.29, 0.717) is 6.07 Å². The Morgan fingerprint density at radius 3 is 2.31 bits per heavy atom.